The molecule has 1 N–H and O–H groups in total. The van der Waals surface area contributed by atoms with Crippen LogP contribution in [0.2, 0.25) is 5.02 Å². The standard InChI is InChI=1S/C16H9ClF3NS2/c17-12-7-3-10(4-8-12)14-13(21-15(22)23-14)9-1-5-11(6-2-9)16(18,19)20/h1-8H,(H,21,22). The topological polar surface area (TPSA) is 15.8 Å². The number of benzene rings is 2. The van der Waals surface area contributed by atoms with Crippen molar-refractivity contribution in [2.24, 2.45) is 0 Å². The molecule has 7 heteroatoms. The summed E-state index contributed by atoms with van der Waals surface area (Å²) in [6, 6.07) is 12.2. The first-order valence-corrected chi connectivity index (χ1v) is 8.11. The fourth-order valence-electron chi connectivity index (χ4n) is 2.16. The van der Waals surface area contributed by atoms with E-state index in [9.17, 15) is 13.2 Å². The van der Waals surface area contributed by atoms with Gasteiger partial charge in [0.25, 0.3) is 0 Å². The van der Waals surface area contributed by atoms with Gasteiger partial charge < -0.3 is 4.98 Å². The van der Waals surface area contributed by atoms with E-state index in [1.54, 1.807) is 12.1 Å². The molecule has 1 nitrogen and oxygen atoms in total. The third kappa shape index (κ3) is 3.49. The molecule has 0 saturated heterocycles. The van der Waals surface area contributed by atoms with Crippen molar-refractivity contribution in [3.05, 3.63) is 63.1 Å². The number of H-pyrrole nitrogens is 1. The molecule has 2 aromatic carbocycles. The minimum atomic E-state index is -4.35. The zero-order valence-corrected chi connectivity index (χ0v) is 13.8. The highest BCUT2D eigenvalue weighted by Crippen LogP contribution is 2.37. The maximum atomic E-state index is 12.7. The van der Waals surface area contributed by atoms with E-state index < -0.39 is 11.7 Å². The van der Waals surface area contributed by atoms with Crippen LogP contribution in [-0.2, 0) is 6.18 Å². The molecule has 0 radical (unpaired) electrons. The lowest BCUT2D eigenvalue weighted by atomic mass is 10.1. The molecule has 0 saturated carbocycles. The van der Waals surface area contributed by atoms with E-state index in [4.69, 9.17) is 23.8 Å². The summed E-state index contributed by atoms with van der Waals surface area (Å²) in [5.41, 5.74) is 1.58. The fourth-order valence-corrected chi connectivity index (χ4v) is 3.50. The van der Waals surface area contributed by atoms with Crippen LogP contribution >= 0.6 is 35.2 Å². The van der Waals surface area contributed by atoms with Gasteiger partial charge in [0.2, 0.25) is 0 Å². The highest BCUT2D eigenvalue weighted by molar-refractivity contribution is 7.73. The molecular formula is C16H9ClF3NS2. The number of aromatic amines is 1. The maximum absolute atomic E-state index is 12.7. The van der Waals surface area contributed by atoms with Gasteiger partial charge in [0.05, 0.1) is 16.1 Å². The van der Waals surface area contributed by atoms with Crippen LogP contribution in [0.25, 0.3) is 21.7 Å². The van der Waals surface area contributed by atoms with Crippen LogP contribution in [0.3, 0.4) is 0 Å². The zero-order chi connectivity index (χ0) is 16.6. The maximum Gasteiger partial charge on any atom is 0.416 e. The number of alkyl halides is 3. The van der Waals surface area contributed by atoms with Crippen molar-refractivity contribution < 1.29 is 13.2 Å². The minimum absolute atomic E-state index is 0.560. The van der Waals surface area contributed by atoms with Gasteiger partial charge in [-0.3, -0.25) is 0 Å². The Kier molecular flexibility index (Phi) is 4.31. The fraction of sp³-hybridized carbons (Fsp3) is 0.0625. The summed E-state index contributed by atoms with van der Waals surface area (Å²) < 4.78 is 38.6. The van der Waals surface area contributed by atoms with Gasteiger partial charge in [-0.25, -0.2) is 0 Å². The Morgan fingerprint density at radius 2 is 1.48 bits per heavy atom. The van der Waals surface area contributed by atoms with Crippen molar-refractivity contribution in [3.63, 3.8) is 0 Å². The minimum Gasteiger partial charge on any atom is -0.336 e. The van der Waals surface area contributed by atoms with E-state index in [2.05, 4.69) is 4.98 Å². The van der Waals surface area contributed by atoms with Gasteiger partial charge in [-0.1, -0.05) is 35.9 Å². The molecule has 23 heavy (non-hydrogen) atoms. The van der Waals surface area contributed by atoms with E-state index in [0.29, 0.717) is 20.2 Å². The quantitative estimate of drug-likeness (QED) is 0.489. The molecule has 0 bridgehead atoms. The molecule has 1 aromatic heterocycles. The summed E-state index contributed by atoms with van der Waals surface area (Å²) in [5.74, 6) is 0. The Bertz CT molecular complexity index is 877. The molecule has 0 aliphatic carbocycles. The molecule has 3 rings (SSSR count). The Hall–Kier alpha value is -1.63. The summed E-state index contributed by atoms with van der Waals surface area (Å²) in [6.45, 7) is 0. The molecule has 0 spiro atoms. The number of hydrogen-bond donors (Lipinski definition) is 1. The van der Waals surface area contributed by atoms with Crippen LogP contribution in [-0.4, -0.2) is 4.98 Å². The smallest absolute Gasteiger partial charge is 0.336 e. The first kappa shape index (κ1) is 16.2. The third-order valence-electron chi connectivity index (χ3n) is 3.26. The normalized spacial score (nSPS) is 11.7. The summed E-state index contributed by atoms with van der Waals surface area (Å²) in [5, 5.41) is 0.615. The highest BCUT2D eigenvalue weighted by atomic mass is 35.5. The first-order chi connectivity index (χ1) is 10.8. The van der Waals surface area contributed by atoms with Gasteiger partial charge in [-0.05, 0) is 47.6 Å². The molecule has 3 aromatic rings. The van der Waals surface area contributed by atoms with E-state index in [1.807, 2.05) is 12.1 Å². The van der Waals surface area contributed by atoms with Crippen molar-refractivity contribution in [1.82, 2.24) is 4.98 Å². The van der Waals surface area contributed by atoms with Crippen LogP contribution in [0.1, 0.15) is 5.56 Å². The number of hydrogen-bond acceptors (Lipinski definition) is 2. The predicted octanol–water partition coefficient (Wildman–Crippen LogP) is 6.81. The first-order valence-electron chi connectivity index (χ1n) is 6.51. The summed E-state index contributed by atoms with van der Waals surface area (Å²) in [7, 11) is 0. The number of rotatable bonds is 2. The van der Waals surface area contributed by atoms with Crippen LogP contribution in [0.4, 0.5) is 13.2 Å². The van der Waals surface area contributed by atoms with Crippen molar-refractivity contribution in [1.29, 1.82) is 0 Å². The molecule has 0 aliphatic rings. The Morgan fingerprint density at radius 3 is 2.04 bits per heavy atom. The lowest BCUT2D eigenvalue weighted by Gasteiger charge is -2.08. The number of nitrogens with one attached hydrogen (secondary N) is 1. The van der Waals surface area contributed by atoms with Crippen molar-refractivity contribution >= 4 is 35.2 Å². The van der Waals surface area contributed by atoms with Gasteiger partial charge in [-0.15, -0.1) is 11.3 Å². The average Bonchev–Trinajstić information content (AvgIpc) is 2.89. The number of thiazole rings is 1. The second kappa shape index (κ2) is 6.11. The SMILES string of the molecule is FC(F)(F)c1ccc(-c2[nH]c(=S)sc2-c2ccc(Cl)cc2)cc1. The molecular weight excluding hydrogens is 363 g/mol. The summed E-state index contributed by atoms with van der Waals surface area (Å²) in [4.78, 5) is 3.92. The van der Waals surface area contributed by atoms with E-state index in [0.717, 1.165) is 22.6 Å². The number of halogens is 4. The van der Waals surface area contributed by atoms with Gasteiger partial charge in [0, 0.05) is 5.02 Å². The predicted molar refractivity (Wildman–Crippen MR) is 90.4 cm³/mol. The van der Waals surface area contributed by atoms with Gasteiger partial charge in [-0.2, -0.15) is 13.2 Å². The highest BCUT2D eigenvalue weighted by Gasteiger charge is 2.30. The Labute approximate surface area is 144 Å². The summed E-state index contributed by atoms with van der Waals surface area (Å²) >= 11 is 12.4. The van der Waals surface area contributed by atoms with Gasteiger partial charge in [0.1, 0.15) is 0 Å². The van der Waals surface area contributed by atoms with Crippen molar-refractivity contribution in [2.45, 2.75) is 6.18 Å². The van der Waals surface area contributed by atoms with E-state index in [-0.39, 0.29) is 0 Å². The molecule has 0 aliphatic heterocycles. The zero-order valence-electron chi connectivity index (χ0n) is 11.4. The lowest BCUT2D eigenvalue weighted by Crippen LogP contribution is -2.04. The second-order valence-corrected chi connectivity index (χ2v) is 6.92. The van der Waals surface area contributed by atoms with E-state index in [1.165, 1.54) is 23.5 Å². The lowest BCUT2D eigenvalue weighted by molar-refractivity contribution is -0.137. The molecule has 0 amide bonds. The molecule has 0 unspecified atom stereocenters. The van der Waals surface area contributed by atoms with Crippen LogP contribution < -0.4 is 0 Å². The molecule has 0 fully saturated rings. The molecule has 1 heterocycles. The van der Waals surface area contributed by atoms with Gasteiger partial charge >= 0.3 is 6.18 Å². The van der Waals surface area contributed by atoms with Crippen molar-refractivity contribution in [2.75, 3.05) is 0 Å². The third-order valence-corrected chi connectivity index (χ3v) is 4.79. The van der Waals surface area contributed by atoms with Crippen LogP contribution in [0.5, 0.6) is 0 Å². The number of aromatic nitrogens is 1. The van der Waals surface area contributed by atoms with Crippen molar-refractivity contribution in [3.8, 4) is 21.7 Å². The largest absolute Gasteiger partial charge is 0.416 e. The van der Waals surface area contributed by atoms with Crippen LogP contribution in [0.15, 0.2) is 48.5 Å². The molecule has 0 atom stereocenters. The van der Waals surface area contributed by atoms with Crippen LogP contribution in [0, 0.1) is 3.95 Å². The second-order valence-electron chi connectivity index (χ2n) is 4.80. The molecule has 118 valence electrons. The van der Waals surface area contributed by atoms with Gasteiger partial charge in [0.15, 0.2) is 3.95 Å². The Balaban J connectivity index is 2.07. The average molecular weight is 372 g/mol. The Morgan fingerprint density at radius 1 is 0.913 bits per heavy atom. The van der Waals surface area contributed by atoms with E-state index >= 15 is 0 Å². The monoisotopic (exact) mass is 371 g/mol. The summed E-state index contributed by atoms with van der Waals surface area (Å²) in [6.07, 6.45) is -4.35.